The van der Waals surface area contributed by atoms with Crippen molar-refractivity contribution in [3.05, 3.63) is 29.6 Å². The first-order valence-electron chi connectivity index (χ1n) is 11.9. The van der Waals surface area contributed by atoms with Crippen LogP contribution in [0.4, 0.5) is 10.1 Å². The predicted octanol–water partition coefficient (Wildman–Crippen LogP) is 2.81. The van der Waals surface area contributed by atoms with Gasteiger partial charge in [0.05, 0.1) is 11.6 Å². The van der Waals surface area contributed by atoms with E-state index in [0.29, 0.717) is 36.2 Å². The van der Waals surface area contributed by atoms with Crippen molar-refractivity contribution in [3.63, 3.8) is 0 Å². The molecule has 4 N–H and O–H groups in total. The minimum absolute atomic E-state index is 0.252. The van der Waals surface area contributed by atoms with E-state index in [9.17, 15) is 14.0 Å². The maximum atomic E-state index is 14.9. The Balaban J connectivity index is 1.24. The number of rotatable bonds is 6. The minimum atomic E-state index is -0.448. The molecule has 170 valence electrons. The van der Waals surface area contributed by atoms with Crippen molar-refractivity contribution >= 4 is 17.5 Å². The SMILES string of the molecule is NC1CCC(CCNC2CCN(c3ccc(C4CCC(=O)NC4=O)cc3F)CC2)CC1. The van der Waals surface area contributed by atoms with E-state index < -0.39 is 5.92 Å². The fourth-order valence-corrected chi connectivity index (χ4v) is 5.30. The summed E-state index contributed by atoms with van der Waals surface area (Å²) in [4.78, 5) is 25.5. The van der Waals surface area contributed by atoms with Crippen molar-refractivity contribution in [2.75, 3.05) is 24.5 Å². The zero-order valence-electron chi connectivity index (χ0n) is 18.2. The Morgan fingerprint density at radius 1 is 1.06 bits per heavy atom. The molecule has 1 aliphatic carbocycles. The molecule has 3 fully saturated rings. The number of piperidine rings is 2. The second-order valence-corrected chi connectivity index (χ2v) is 9.50. The van der Waals surface area contributed by atoms with E-state index >= 15 is 0 Å². The van der Waals surface area contributed by atoms with Crippen molar-refractivity contribution in [1.29, 1.82) is 0 Å². The third-order valence-electron chi connectivity index (χ3n) is 7.33. The maximum absolute atomic E-state index is 14.9. The highest BCUT2D eigenvalue weighted by molar-refractivity contribution is 6.00. The number of nitrogens with two attached hydrogens (primary N) is 1. The summed E-state index contributed by atoms with van der Waals surface area (Å²) in [6, 6.07) is 5.99. The number of hydrogen-bond acceptors (Lipinski definition) is 5. The monoisotopic (exact) mass is 430 g/mol. The third-order valence-corrected chi connectivity index (χ3v) is 7.33. The van der Waals surface area contributed by atoms with Crippen LogP contribution >= 0.6 is 0 Å². The molecule has 0 radical (unpaired) electrons. The Hall–Kier alpha value is -1.99. The summed E-state index contributed by atoms with van der Waals surface area (Å²) in [5.41, 5.74) is 7.24. The van der Waals surface area contributed by atoms with Gasteiger partial charge < -0.3 is 16.0 Å². The minimum Gasteiger partial charge on any atom is -0.369 e. The third kappa shape index (κ3) is 5.63. The van der Waals surface area contributed by atoms with Gasteiger partial charge >= 0.3 is 0 Å². The summed E-state index contributed by atoms with van der Waals surface area (Å²) >= 11 is 0. The van der Waals surface area contributed by atoms with Crippen LogP contribution in [0, 0.1) is 11.7 Å². The van der Waals surface area contributed by atoms with E-state index in [-0.39, 0.29) is 17.6 Å². The van der Waals surface area contributed by atoms with E-state index in [1.54, 1.807) is 6.07 Å². The molecule has 4 rings (SSSR count). The second-order valence-electron chi connectivity index (χ2n) is 9.50. The topological polar surface area (TPSA) is 87.5 Å². The van der Waals surface area contributed by atoms with Gasteiger partial charge in [-0.2, -0.15) is 0 Å². The summed E-state index contributed by atoms with van der Waals surface area (Å²) in [7, 11) is 0. The molecule has 7 heteroatoms. The van der Waals surface area contributed by atoms with Gasteiger partial charge in [0.15, 0.2) is 0 Å². The summed E-state index contributed by atoms with van der Waals surface area (Å²) in [5, 5.41) is 6.05. The lowest BCUT2D eigenvalue weighted by Gasteiger charge is -2.35. The number of carbonyl (C=O) groups is 2. The zero-order valence-corrected chi connectivity index (χ0v) is 18.2. The average Bonchev–Trinajstić information content (AvgIpc) is 2.76. The Morgan fingerprint density at radius 2 is 1.81 bits per heavy atom. The number of halogens is 1. The highest BCUT2D eigenvalue weighted by atomic mass is 19.1. The van der Waals surface area contributed by atoms with Gasteiger partial charge in [0.25, 0.3) is 0 Å². The number of amides is 2. The fourth-order valence-electron chi connectivity index (χ4n) is 5.30. The molecule has 1 atom stereocenters. The molecule has 0 bridgehead atoms. The van der Waals surface area contributed by atoms with Crippen molar-refractivity contribution < 1.29 is 14.0 Å². The number of hydrogen-bond donors (Lipinski definition) is 3. The Morgan fingerprint density at radius 3 is 2.48 bits per heavy atom. The van der Waals surface area contributed by atoms with Crippen LogP contribution in [0.5, 0.6) is 0 Å². The van der Waals surface area contributed by atoms with E-state index in [1.165, 1.54) is 25.3 Å². The quantitative estimate of drug-likeness (QED) is 0.604. The van der Waals surface area contributed by atoms with E-state index in [0.717, 1.165) is 51.2 Å². The Bertz CT molecular complexity index is 786. The lowest BCUT2D eigenvalue weighted by atomic mass is 9.84. The molecular formula is C24H35FN4O2. The van der Waals surface area contributed by atoms with Crippen LogP contribution in [0.1, 0.15) is 69.3 Å². The van der Waals surface area contributed by atoms with Gasteiger partial charge in [0.1, 0.15) is 5.82 Å². The number of imide groups is 1. The molecule has 0 aromatic heterocycles. The molecule has 1 aromatic rings. The van der Waals surface area contributed by atoms with Crippen LogP contribution in [0.3, 0.4) is 0 Å². The van der Waals surface area contributed by atoms with Gasteiger partial charge in [-0.3, -0.25) is 14.9 Å². The molecule has 3 aliphatic rings. The summed E-state index contributed by atoms with van der Waals surface area (Å²) in [6.07, 6.45) is 8.82. The number of carbonyl (C=O) groups excluding carboxylic acids is 2. The van der Waals surface area contributed by atoms with Crippen LogP contribution in [0.15, 0.2) is 18.2 Å². The number of anilines is 1. The molecule has 2 aliphatic heterocycles. The van der Waals surface area contributed by atoms with Crippen LogP contribution in [0.2, 0.25) is 0 Å². The average molecular weight is 431 g/mol. The van der Waals surface area contributed by atoms with Crippen molar-refractivity contribution in [3.8, 4) is 0 Å². The highest BCUT2D eigenvalue weighted by Crippen LogP contribution is 2.30. The van der Waals surface area contributed by atoms with E-state index in [4.69, 9.17) is 5.73 Å². The molecule has 31 heavy (non-hydrogen) atoms. The lowest BCUT2D eigenvalue weighted by Crippen LogP contribution is -2.43. The molecule has 1 aromatic carbocycles. The largest absolute Gasteiger partial charge is 0.369 e. The van der Waals surface area contributed by atoms with E-state index in [1.807, 2.05) is 6.07 Å². The lowest BCUT2D eigenvalue weighted by molar-refractivity contribution is -0.134. The molecule has 2 amide bonds. The van der Waals surface area contributed by atoms with Gasteiger partial charge in [0.2, 0.25) is 11.8 Å². The number of nitrogens with zero attached hydrogens (tertiary/aromatic N) is 1. The summed E-state index contributed by atoms with van der Waals surface area (Å²) in [5.74, 6) is -0.506. The zero-order chi connectivity index (χ0) is 21.8. The van der Waals surface area contributed by atoms with Crippen molar-refractivity contribution in [2.45, 2.75) is 75.8 Å². The van der Waals surface area contributed by atoms with Crippen molar-refractivity contribution in [1.82, 2.24) is 10.6 Å². The molecule has 2 heterocycles. The number of nitrogens with one attached hydrogen (secondary N) is 2. The number of benzene rings is 1. The fraction of sp³-hybridized carbons (Fsp3) is 0.667. The highest BCUT2D eigenvalue weighted by Gasteiger charge is 2.29. The normalized spacial score (nSPS) is 27.9. The molecule has 0 spiro atoms. The van der Waals surface area contributed by atoms with Gasteiger partial charge in [-0.15, -0.1) is 0 Å². The maximum Gasteiger partial charge on any atom is 0.234 e. The Labute approximate surface area is 184 Å². The summed E-state index contributed by atoms with van der Waals surface area (Å²) < 4.78 is 14.9. The molecular weight excluding hydrogens is 395 g/mol. The first kappa shape index (κ1) is 22.2. The van der Waals surface area contributed by atoms with E-state index in [2.05, 4.69) is 15.5 Å². The predicted molar refractivity (Wildman–Crippen MR) is 119 cm³/mol. The van der Waals surface area contributed by atoms with Crippen LogP contribution < -0.4 is 21.3 Å². The van der Waals surface area contributed by atoms with Crippen LogP contribution in [0.25, 0.3) is 0 Å². The van der Waals surface area contributed by atoms with Crippen LogP contribution in [-0.4, -0.2) is 43.5 Å². The van der Waals surface area contributed by atoms with Crippen LogP contribution in [-0.2, 0) is 9.59 Å². The smallest absolute Gasteiger partial charge is 0.234 e. The molecule has 1 unspecified atom stereocenters. The first-order chi connectivity index (χ1) is 15.0. The van der Waals surface area contributed by atoms with Gasteiger partial charge in [-0.05, 0) is 81.5 Å². The first-order valence-corrected chi connectivity index (χ1v) is 11.9. The summed E-state index contributed by atoms with van der Waals surface area (Å²) in [6.45, 7) is 2.70. The second kappa shape index (κ2) is 10.1. The standard InChI is InChI=1S/C24H35FN4O2/c25-21-15-17(20-6-8-23(30)28-24(20)31)3-7-22(21)29-13-10-19(11-14-29)27-12-9-16-1-4-18(26)5-2-16/h3,7,15-16,18-20,27H,1-2,4-6,8-14,26H2,(H,28,30,31). The van der Waals surface area contributed by atoms with Crippen molar-refractivity contribution in [2.24, 2.45) is 11.7 Å². The Kier molecular flexibility index (Phi) is 7.23. The van der Waals surface area contributed by atoms with Gasteiger partial charge in [-0.1, -0.05) is 6.07 Å². The molecule has 2 saturated heterocycles. The molecule has 1 saturated carbocycles. The molecule has 6 nitrogen and oxygen atoms in total. The van der Waals surface area contributed by atoms with Gasteiger partial charge in [-0.25, -0.2) is 4.39 Å². The van der Waals surface area contributed by atoms with Gasteiger partial charge in [0, 0.05) is 31.6 Å².